The number of hydrogen-bond donors (Lipinski definition) is 1. The molecule has 1 aliphatic heterocycles. The van der Waals surface area contributed by atoms with Gasteiger partial charge < -0.3 is 15.0 Å². The second kappa shape index (κ2) is 10.8. The molecule has 2 aromatic carbocycles. The van der Waals surface area contributed by atoms with Gasteiger partial charge in [0.05, 0.1) is 11.4 Å². The summed E-state index contributed by atoms with van der Waals surface area (Å²) in [5.41, 5.74) is 0.954. The average molecular weight is 540 g/mol. The van der Waals surface area contributed by atoms with Gasteiger partial charge in [0.1, 0.15) is 18.4 Å². The van der Waals surface area contributed by atoms with Crippen molar-refractivity contribution in [2.24, 2.45) is 11.8 Å². The molecule has 11 heteroatoms. The number of aromatic nitrogens is 2. The molecule has 2 fully saturated rings. The number of amides is 1. The summed E-state index contributed by atoms with van der Waals surface area (Å²) in [5.74, 6) is 0.438. The first kappa shape index (κ1) is 26.3. The lowest BCUT2D eigenvalue weighted by Crippen LogP contribution is -2.53. The maximum absolute atomic E-state index is 13.8. The Morgan fingerprint density at radius 1 is 1.13 bits per heavy atom. The van der Waals surface area contributed by atoms with Crippen LogP contribution in [0.1, 0.15) is 44.1 Å². The number of hydrogen-bond acceptors (Lipinski definition) is 6. The van der Waals surface area contributed by atoms with Gasteiger partial charge in [-0.05, 0) is 53.5 Å². The van der Waals surface area contributed by atoms with E-state index in [1.165, 1.54) is 29.8 Å². The van der Waals surface area contributed by atoms with Crippen molar-refractivity contribution in [3.8, 4) is 0 Å². The minimum atomic E-state index is -4.08. The van der Waals surface area contributed by atoms with Crippen LogP contribution in [0.5, 0.6) is 0 Å². The predicted molar refractivity (Wildman–Crippen MR) is 143 cm³/mol. The number of benzene rings is 2. The van der Waals surface area contributed by atoms with Crippen molar-refractivity contribution in [2.75, 3.05) is 13.1 Å². The quantitative estimate of drug-likeness (QED) is 0.340. The van der Waals surface area contributed by atoms with Crippen molar-refractivity contribution >= 4 is 32.7 Å². The summed E-state index contributed by atoms with van der Waals surface area (Å²) in [6.07, 6.45) is 8.43. The molecule has 202 valence electrons. The van der Waals surface area contributed by atoms with E-state index in [0.717, 1.165) is 30.2 Å². The molecule has 1 N–H and O–H groups in total. The summed E-state index contributed by atoms with van der Waals surface area (Å²) in [6, 6.07) is 9.54. The Morgan fingerprint density at radius 3 is 2.63 bits per heavy atom. The number of piperidine rings is 1. The highest BCUT2D eigenvalue weighted by atomic mass is 32.2. The lowest BCUT2D eigenvalue weighted by Gasteiger charge is -2.42. The number of nitrogens with one attached hydrogen (secondary N) is 1. The number of sulfonamides is 1. The predicted octanol–water partition coefficient (Wildman–Crippen LogP) is 4.03. The lowest BCUT2D eigenvalue weighted by molar-refractivity contribution is -0.396. The van der Waals surface area contributed by atoms with Crippen molar-refractivity contribution in [1.29, 1.82) is 0 Å². The summed E-state index contributed by atoms with van der Waals surface area (Å²) in [5, 5.41) is 12.8. The molecule has 5 rings (SSSR count). The fraction of sp³-hybridized carbons (Fsp3) is 0.481. The molecule has 1 saturated carbocycles. The van der Waals surface area contributed by atoms with Crippen LogP contribution in [0.4, 0.5) is 5.95 Å². The van der Waals surface area contributed by atoms with Gasteiger partial charge in [0.15, 0.2) is 0 Å². The summed E-state index contributed by atoms with van der Waals surface area (Å²) in [4.78, 5) is 30.2. The summed E-state index contributed by atoms with van der Waals surface area (Å²) in [6.45, 7) is 3.21. The van der Waals surface area contributed by atoms with Crippen LogP contribution in [0.15, 0.2) is 53.7 Å². The van der Waals surface area contributed by atoms with Gasteiger partial charge in [0.2, 0.25) is 15.9 Å². The molecule has 2 aliphatic rings. The second-order valence-corrected chi connectivity index (χ2v) is 12.1. The van der Waals surface area contributed by atoms with Crippen LogP contribution in [-0.2, 0) is 21.4 Å². The van der Waals surface area contributed by atoms with E-state index in [0.29, 0.717) is 30.3 Å². The fourth-order valence-electron chi connectivity index (χ4n) is 6.08. The highest BCUT2D eigenvalue weighted by Gasteiger charge is 2.37. The van der Waals surface area contributed by atoms with Gasteiger partial charge in [-0.15, -0.1) is 0 Å². The molecule has 0 bridgehead atoms. The van der Waals surface area contributed by atoms with Gasteiger partial charge in [-0.3, -0.25) is 4.79 Å². The summed E-state index contributed by atoms with van der Waals surface area (Å²) in [7, 11) is -4.08. The van der Waals surface area contributed by atoms with Crippen LogP contribution in [0.2, 0.25) is 0 Å². The lowest BCUT2D eigenvalue weighted by atomic mass is 9.75. The Labute approximate surface area is 222 Å². The van der Waals surface area contributed by atoms with E-state index >= 15 is 0 Å². The van der Waals surface area contributed by atoms with Crippen LogP contribution < -0.4 is 4.72 Å². The van der Waals surface area contributed by atoms with E-state index < -0.39 is 21.0 Å². The van der Waals surface area contributed by atoms with Crippen LogP contribution >= 0.6 is 0 Å². The third kappa shape index (κ3) is 5.30. The maximum Gasteiger partial charge on any atom is 0.434 e. The van der Waals surface area contributed by atoms with Gasteiger partial charge >= 0.3 is 5.95 Å². The third-order valence-electron chi connectivity index (χ3n) is 8.11. The number of likely N-dealkylation sites (tertiary alicyclic amines) is 1. The molecule has 0 spiro atoms. The van der Waals surface area contributed by atoms with Gasteiger partial charge in [-0.2, -0.15) is 4.72 Å². The minimum Gasteiger partial charge on any atom is -0.390 e. The zero-order valence-corrected chi connectivity index (χ0v) is 22.3. The molecule has 1 saturated heterocycles. The van der Waals surface area contributed by atoms with E-state index in [4.69, 9.17) is 0 Å². The molecule has 3 aromatic rings. The van der Waals surface area contributed by atoms with Crippen molar-refractivity contribution in [2.45, 2.75) is 62.9 Å². The fourth-order valence-corrected chi connectivity index (χ4v) is 7.51. The number of rotatable bonds is 8. The Bertz CT molecular complexity index is 1450. The molecule has 10 nitrogen and oxygen atoms in total. The summed E-state index contributed by atoms with van der Waals surface area (Å²) >= 11 is 0. The number of nitro groups is 1. The first-order valence-corrected chi connectivity index (χ1v) is 14.7. The number of nitrogens with zero attached hydrogens (tertiary/aromatic N) is 4. The molecule has 3 atom stereocenters. The normalized spacial score (nSPS) is 20.7. The molecule has 1 aliphatic carbocycles. The monoisotopic (exact) mass is 539 g/mol. The van der Waals surface area contributed by atoms with E-state index in [1.807, 2.05) is 19.1 Å². The largest absolute Gasteiger partial charge is 0.434 e. The van der Waals surface area contributed by atoms with Gasteiger partial charge in [0.25, 0.3) is 0 Å². The van der Waals surface area contributed by atoms with Crippen molar-refractivity contribution in [1.82, 2.24) is 19.2 Å². The first-order chi connectivity index (χ1) is 18.2. The zero-order valence-electron chi connectivity index (χ0n) is 21.5. The molecule has 0 radical (unpaired) electrons. The SMILES string of the molecule is Cc1ccc(S(=O)(=O)NC(CCn2ccnc2[N+](=O)[O-])C(=O)N2CC[C@H]3CCCC[C@@H]3C2)c2ccccc12. The highest BCUT2D eigenvalue weighted by molar-refractivity contribution is 7.89. The van der Waals surface area contributed by atoms with Gasteiger partial charge in [-0.1, -0.05) is 54.6 Å². The standard InChI is InChI=1S/C27H33N5O5S/c1-19-10-11-25(23-9-5-4-8-22(19)23)38(36,37)29-24(13-16-30-17-14-28-27(30)32(34)35)26(33)31-15-12-20-6-2-3-7-21(20)18-31/h4-5,8-11,14,17,20-21,24,29H,2-3,6-7,12-13,15-16,18H2,1H3/t20-,21-,24?/m1/s1. The second-order valence-electron chi connectivity index (χ2n) is 10.4. The van der Waals surface area contributed by atoms with Crippen molar-refractivity contribution < 1.29 is 18.1 Å². The van der Waals surface area contributed by atoms with Crippen LogP contribution in [0, 0.1) is 28.9 Å². The number of imidazole rings is 1. The molecular formula is C27H33N5O5S. The Balaban J connectivity index is 1.43. The molecule has 1 unspecified atom stereocenters. The Kier molecular flexibility index (Phi) is 7.49. The first-order valence-electron chi connectivity index (χ1n) is 13.2. The van der Waals surface area contributed by atoms with E-state index in [9.17, 15) is 23.3 Å². The van der Waals surface area contributed by atoms with Crippen molar-refractivity contribution in [3.05, 3.63) is 64.5 Å². The summed E-state index contributed by atoms with van der Waals surface area (Å²) < 4.78 is 31.4. The van der Waals surface area contributed by atoms with E-state index in [-0.39, 0.29) is 29.7 Å². The third-order valence-corrected chi connectivity index (χ3v) is 9.64. The smallest absolute Gasteiger partial charge is 0.390 e. The molecule has 1 amide bonds. The van der Waals surface area contributed by atoms with Crippen molar-refractivity contribution in [3.63, 3.8) is 0 Å². The maximum atomic E-state index is 13.8. The van der Waals surface area contributed by atoms with Gasteiger partial charge in [0, 0.05) is 24.9 Å². The highest BCUT2D eigenvalue weighted by Crippen LogP contribution is 2.36. The number of fused-ring (bicyclic) bond motifs is 2. The van der Waals surface area contributed by atoms with Crippen LogP contribution in [-0.4, -0.2) is 52.8 Å². The molecule has 2 heterocycles. The zero-order chi connectivity index (χ0) is 26.9. The Hall–Kier alpha value is -3.31. The minimum absolute atomic E-state index is 0.0592. The number of aryl methyl sites for hydroxylation is 2. The van der Waals surface area contributed by atoms with Crippen LogP contribution in [0.25, 0.3) is 10.8 Å². The average Bonchev–Trinajstić information content (AvgIpc) is 3.40. The molecule has 1 aromatic heterocycles. The number of carbonyl (C=O) groups is 1. The van der Waals surface area contributed by atoms with E-state index in [2.05, 4.69) is 9.71 Å². The Morgan fingerprint density at radius 2 is 1.87 bits per heavy atom. The van der Waals surface area contributed by atoms with Crippen LogP contribution in [0.3, 0.4) is 0 Å². The molecule has 38 heavy (non-hydrogen) atoms. The number of carbonyl (C=O) groups excluding carboxylic acids is 1. The van der Waals surface area contributed by atoms with Gasteiger partial charge in [-0.25, -0.2) is 13.0 Å². The van der Waals surface area contributed by atoms with E-state index in [1.54, 1.807) is 29.2 Å². The molecular weight excluding hydrogens is 506 g/mol. The topological polar surface area (TPSA) is 127 Å².